The number of benzene rings is 1. The third-order valence-electron chi connectivity index (χ3n) is 4.90. The van der Waals surface area contributed by atoms with Crippen LogP contribution in [-0.4, -0.2) is 36.0 Å². The topological polar surface area (TPSA) is 49.6 Å². The van der Waals surface area contributed by atoms with Crippen molar-refractivity contribution in [3.05, 3.63) is 23.8 Å². The maximum atomic E-state index is 12.6. The first kappa shape index (κ1) is 14.5. The van der Waals surface area contributed by atoms with Crippen molar-refractivity contribution in [1.82, 2.24) is 4.90 Å². The van der Waals surface area contributed by atoms with Crippen LogP contribution in [0.25, 0.3) is 0 Å². The largest absolute Gasteiger partial charge is 0.398 e. The predicted octanol–water partition coefficient (Wildman–Crippen LogP) is 2.21. The van der Waals surface area contributed by atoms with Gasteiger partial charge in [0, 0.05) is 30.5 Å². The Morgan fingerprint density at radius 2 is 1.90 bits per heavy atom. The van der Waals surface area contributed by atoms with Crippen molar-refractivity contribution in [2.75, 3.05) is 23.7 Å². The fraction of sp³-hybridized carbons (Fsp3) is 0.562. The SMILES string of the molecule is Cl.Nc1cccc2c1CCCN2C1CCN(C2CC2)C1=O. The second-order valence-corrected chi connectivity index (χ2v) is 6.21. The number of hydrogen-bond donors (Lipinski definition) is 1. The zero-order valence-electron chi connectivity index (χ0n) is 12.1. The molecule has 0 aromatic heterocycles. The van der Waals surface area contributed by atoms with Gasteiger partial charge in [-0.15, -0.1) is 12.4 Å². The van der Waals surface area contributed by atoms with Crippen LogP contribution < -0.4 is 10.6 Å². The van der Waals surface area contributed by atoms with E-state index in [1.165, 1.54) is 24.1 Å². The van der Waals surface area contributed by atoms with Gasteiger partial charge < -0.3 is 15.5 Å². The second kappa shape index (κ2) is 5.41. The molecule has 21 heavy (non-hydrogen) atoms. The van der Waals surface area contributed by atoms with Crippen molar-refractivity contribution in [3.63, 3.8) is 0 Å². The van der Waals surface area contributed by atoms with Gasteiger partial charge in [-0.25, -0.2) is 0 Å². The van der Waals surface area contributed by atoms with Crippen LogP contribution in [0.3, 0.4) is 0 Å². The van der Waals surface area contributed by atoms with Crippen LogP contribution in [0, 0.1) is 0 Å². The molecule has 1 unspecified atom stereocenters. The van der Waals surface area contributed by atoms with Crippen LogP contribution in [0.4, 0.5) is 11.4 Å². The Hall–Kier alpha value is -1.42. The fourth-order valence-corrected chi connectivity index (χ4v) is 3.73. The highest BCUT2D eigenvalue weighted by molar-refractivity contribution is 5.88. The predicted molar refractivity (Wildman–Crippen MR) is 86.9 cm³/mol. The molecule has 0 bridgehead atoms. The van der Waals surface area contributed by atoms with Crippen molar-refractivity contribution in [1.29, 1.82) is 0 Å². The molecule has 114 valence electrons. The van der Waals surface area contributed by atoms with Crippen molar-refractivity contribution in [2.45, 2.75) is 44.2 Å². The number of carbonyl (C=O) groups is 1. The Balaban J connectivity index is 0.00000132. The molecule has 1 atom stereocenters. The summed E-state index contributed by atoms with van der Waals surface area (Å²) in [6.45, 7) is 1.91. The van der Waals surface area contributed by atoms with E-state index in [-0.39, 0.29) is 18.4 Å². The number of anilines is 2. The molecule has 2 fully saturated rings. The highest BCUT2D eigenvalue weighted by atomic mass is 35.5. The lowest BCUT2D eigenvalue weighted by Crippen LogP contribution is -2.45. The van der Waals surface area contributed by atoms with Gasteiger partial charge in [0.15, 0.2) is 0 Å². The van der Waals surface area contributed by atoms with Crippen LogP contribution in [0.1, 0.15) is 31.2 Å². The highest BCUT2D eigenvalue weighted by Crippen LogP contribution is 2.37. The maximum absolute atomic E-state index is 12.6. The number of halogens is 1. The Bertz CT molecular complexity index is 558. The van der Waals surface area contributed by atoms with E-state index in [9.17, 15) is 4.79 Å². The Morgan fingerprint density at radius 3 is 2.67 bits per heavy atom. The normalized spacial score (nSPS) is 24.8. The number of nitrogens with two attached hydrogens (primary N) is 1. The summed E-state index contributed by atoms with van der Waals surface area (Å²) in [5.74, 6) is 0.336. The Morgan fingerprint density at radius 1 is 1.10 bits per heavy atom. The van der Waals surface area contributed by atoms with Gasteiger partial charge >= 0.3 is 0 Å². The van der Waals surface area contributed by atoms with E-state index in [0.717, 1.165) is 38.0 Å². The summed E-state index contributed by atoms with van der Waals surface area (Å²) in [5.41, 5.74) is 9.39. The quantitative estimate of drug-likeness (QED) is 0.852. The van der Waals surface area contributed by atoms with E-state index < -0.39 is 0 Å². The van der Waals surface area contributed by atoms with Gasteiger partial charge in [-0.2, -0.15) is 0 Å². The molecule has 0 radical (unpaired) electrons. The van der Waals surface area contributed by atoms with E-state index in [0.29, 0.717) is 11.9 Å². The average molecular weight is 308 g/mol. The summed E-state index contributed by atoms with van der Waals surface area (Å²) in [6.07, 6.45) is 5.48. The number of carbonyl (C=O) groups excluding carboxylic acids is 1. The first-order valence-electron chi connectivity index (χ1n) is 7.70. The van der Waals surface area contributed by atoms with Gasteiger partial charge in [0.1, 0.15) is 6.04 Å². The number of likely N-dealkylation sites (tertiary alicyclic amines) is 1. The molecule has 2 N–H and O–H groups in total. The van der Waals surface area contributed by atoms with Crippen molar-refractivity contribution in [2.24, 2.45) is 0 Å². The summed E-state index contributed by atoms with van der Waals surface area (Å²) in [5, 5.41) is 0. The number of fused-ring (bicyclic) bond motifs is 1. The molecule has 1 aromatic rings. The minimum Gasteiger partial charge on any atom is -0.398 e. The Kier molecular flexibility index (Phi) is 3.74. The first-order valence-corrected chi connectivity index (χ1v) is 7.70. The first-order chi connectivity index (χ1) is 9.75. The molecule has 5 heteroatoms. The van der Waals surface area contributed by atoms with Crippen molar-refractivity contribution >= 4 is 29.7 Å². The third-order valence-corrected chi connectivity index (χ3v) is 4.90. The fourth-order valence-electron chi connectivity index (χ4n) is 3.73. The molecular weight excluding hydrogens is 286 g/mol. The molecule has 1 aromatic carbocycles. The monoisotopic (exact) mass is 307 g/mol. The van der Waals surface area contributed by atoms with Gasteiger partial charge in [0.25, 0.3) is 0 Å². The van der Waals surface area contributed by atoms with Gasteiger partial charge in [-0.05, 0) is 49.8 Å². The molecule has 1 amide bonds. The van der Waals surface area contributed by atoms with Crippen LogP contribution in [0.2, 0.25) is 0 Å². The van der Waals surface area contributed by atoms with Gasteiger partial charge in [0.05, 0.1) is 0 Å². The van der Waals surface area contributed by atoms with Crippen molar-refractivity contribution in [3.8, 4) is 0 Å². The molecule has 1 saturated heterocycles. The minimum atomic E-state index is 0. The molecule has 2 heterocycles. The Labute approximate surface area is 131 Å². The summed E-state index contributed by atoms with van der Waals surface area (Å²) in [6, 6.07) is 6.67. The zero-order valence-corrected chi connectivity index (χ0v) is 12.9. The number of rotatable bonds is 2. The van der Waals surface area contributed by atoms with Crippen molar-refractivity contribution < 1.29 is 4.79 Å². The summed E-state index contributed by atoms with van der Waals surface area (Å²) < 4.78 is 0. The lowest BCUT2D eigenvalue weighted by Gasteiger charge is -2.35. The maximum Gasteiger partial charge on any atom is 0.245 e. The van der Waals surface area contributed by atoms with Crippen LogP contribution in [0.5, 0.6) is 0 Å². The summed E-state index contributed by atoms with van der Waals surface area (Å²) >= 11 is 0. The number of nitrogen functional groups attached to an aromatic ring is 1. The molecule has 3 aliphatic rings. The van der Waals surface area contributed by atoms with Crippen LogP contribution in [-0.2, 0) is 11.2 Å². The second-order valence-electron chi connectivity index (χ2n) is 6.21. The smallest absolute Gasteiger partial charge is 0.245 e. The molecule has 4 rings (SSSR count). The van der Waals surface area contributed by atoms with E-state index >= 15 is 0 Å². The lowest BCUT2D eigenvalue weighted by atomic mass is 9.98. The number of hydrogen-bond acceptors (Lipinski definition) is 3. The summed E-state index contributed by atoms with van der Waals surface area (Å²) in [7, 11) is 0. The molecular formula is C16H22ClN3O. The van der Waals surface area contributed by atoms with E-state index in [1.54, 1.807) is 0 Å². The van der Waals surface area contributed by atoms with Crippen LogP contribution >= 0.6 is 12.4 Å². The lowest BCUT2D eigenvalue weighted by molar-refractivity contribution is -0.129. The number of amides is 1. The van der Waals surface area contributed by atoms with Crippen LogP contribution in [0.15, 0.2) is 18.2 Å². The van der Waals surface area contributed by atoms with E-state index in [4.69, 9.17) is 5.73 Å². The molecule has 0 spiro atoms. The van der Waals surface area contributed by atoms with Gasteiger partial charge in [0.2, 0.25) is 5.91 Å². The highest BCUT2D eigenvalue weighted by Gasteiger charge is 2.43. The summed E-state index contributed by atoms with van der Waals surface area (Å²) in [4.78, 5) is 17.0. The van der Waals surface area contributed by atoms with Gasteiger partial charge in [-0.1, -0.05) is 6.07 Å². The van der Waals surface area contributed by atoms with Gasteiger partial charge in [-0.3, -0.25) is 4.79 Å². The molecule has 4 nitrogen and oxygen atoms in total. The standard InChI is InChI=1S/C16H21N3O.ClH/c17-13-4-1-5-14-12(13)3-2-9-19(14)15-8-10-18(16(15)20)11-6-7-11;/h1,4-5,11,15H,2-3,6-10,17H2;1H. The van der Waals surface area contributed by atoms with E-state index in [1.807, 2.05) is 12.1 Å². The molecule has 1 aliphatic carbocycles. The number of nitrogens with zero attached hydrogens (tertiary/aromatic N) is 2. The van der Waals surface area contributed by atoms with E-state index in [2.05, 4.69) is 15.9 Å². The average Bonchev–Trinajstić information content (AvgIpc) is 3.23. The third kappa shape index (κ3) is 2.35. The molecule has 1 saturated carbocycles. The zero-order chi connectivity index (χ0) is 13.7. The molecule has 2 aliphatic heterocycles. The minimum absolute atomic E-state index is 0.